The van der Waals surface area contributed by atoms with Gasteiger partial charge in [-0.2, -0.15) is 0 Å². The minimum atomic E-state index is -1.27. The Labute approximate surface area is 91.7 Å². The topological polar surface area (TPSA) is 123 Å². The summed E-state index contributed by atoms with van der Waals surface area (Å²) in [4.78, 5) is 13.7. The number of hydrogen-bond donors (Lipinski definition) is 3. The average Bonchev–Trinajstić information content (AvgIpc) is 2.27. The molecule has 0 aliphatic heterocycles. The molecule has 1 aromatic rings. The first-order valence-electron chi connectivity index (χ1n) is 4.64. The Morgan fingerprint density at radius 3 is 2.75 bits per heavy atom. The van der Waals surface area contributed by atoms with Crippen molar-refractivity contribution in [3.63, 3.8) is 0 Å². The monoisotopic (exact) mass is 227 g/mol. The van der Waals surface area contributed by atoms with Gasteiger partial charge >= 0.3 is 0 Å². The molecule has 0 saturated carbocycles. The van der Waals surface area contributed by atoms with E-state index < -0.39 is 17.1 Å². The smallest absolute Gasteiger partial charge is 0.287 e. The molecule has 88 valence electrons. The molecule has 2 unspecified atom stereocenters. The number of aromatic nitrogens is 1. The van der Waals surface area contributed by atoms with E-state index in [0.717, 1.165) is 6.20 Å². The summed E-state index contributed by atoms with van der Waals surface area (Å²) in [6.07, 6.45) is -1.33. The molecule has 16 heavy (non-hydrogen) atoms. The highest BCUT2D eigenvalue weighted by atomic mass is 16.6. The molecule has 1 aromatic heterocycles. The van der Waals surface area contributed by atoms with Crippen molar-refractivity contribution in [2.24, 2.45) is 5.73 Å². The number of hydrogen-bond acceptors (Lipinski definition) is 6. The molecular formula is C9H13N3O4. The maximum Gasteiger partial charge on any atom is 0.287 e. The third kappa shape index (κ3) is 2.51. The Balaban J connectivity index is 3.11. The molecule has 0 aliphatic rings. The van der Waals surface area contributed by atoms with Crippen LogP contribution in [0.15, 0.2) is 12.3 Å². The molecule has 0 fully saturated rings. The van der Waals surface area contributed by atoms with E-state index in [1.807, 2.05) is 0 Å². The van der Waals surface area contributed by atoms with Crippen LogP contribution >= 0.6 is 0 Å². The van der Waals surface area contributed by atoms with Gasteiger partial charge in [0.15, 0.2) is 0 Å². The molecule has 0 aromatic carbocycles. The third-order valence-electron chi connectivity index (χ3n) is 2.25. The maximum atomic E-state index is 10.5. The van der Waals surface area contributed by atoms with Gasteiger partial charge in [-0.3, -0.25) is 15.1 Å². The predicted molar refractivity (Wildman–Crippen MR) is 55.6 cm³/mol. The van der Waals surface area contributed by atoms with Gasteiger partial charge in [0, 0.05) is 23.9 Å². The lowest BCUT2D eigenvalue weighted by Crippen LogP contribution is -2.27. The Morgan fingerprint density at radius 2 is 2.25 bits per heavy atom. The zero-order valence-corrected chi connectivity index (χ0v) is 8.70. The highest BCUT2D eigenvalue weighted by molar-refractivity contribution is 5.35. The van der Waals surface area contributed by atoms with Crippen molar-refractivity contribution in [2.45, 2.75) is 19.1 Å². The Hall–Kier alpha value is -1.57. The van der Waals surface area contributed by atoms with Crippen molar-refractivity contribution in [3.8, 4) is 0 Å². The van der Waals surface area contributed by atoms with Gasteiger partial charge in [0.1, 0.15) is 12.3 Å². The van der Waals surface area contributed by atoms with Gasteiger partial charge in [-0.15, -0.1) is 0 Å². The third-order valence-corrected chi connectivity index (χ3v) is 2.25. The number of aryl methyl sites for hydroxylation is 1. The fraction of sp³-hybridized carbons (Fsp3) is 0.444. The van der Waals surface area contributed by atoms with Gasteiger partial charge in [0.05, 0.1) is 11.0 Å². The van der Waals surface area contributed by atoms with Crippen molar-refractivity contribution in [1.29, 1.82) is 0 Å². The fourth-order valence-corrected chi connectivity index (χ4v) is 1.27. The first-order valence-corrected chi connectivity index (χ1v) is 4.64. The van der Waals surface area contributed by atoms with Gasteiger partial charge in [-0.1, -0.05) is 0 Å². The quantitative estimate of drug-likeness (QED) is 0.477. The van der Waals surface area contributed by atoms with Crippen LogP contribution in [0.1, 0.15) is 17.4 Å². The zero-order valence-electron chi connectivity index (χ0n) is 8.70. The predicted octanol–water partition coefficient (Wildman–Crippen LogP) is -0.349. The summed E-state index contributed by atoms with van der Waals surface area (Å²) in [5.74, 6) is 0. The molecule has 0 radical (unpaired) electrons. The van der Waals surface area contributed by atoms with E-state index in [2.05, 4.69) is 4.98 Å². The standard InChI is InChI=1S/C9H13N3O4/c1-5-7(9(14)8(13)3-10)2-6(4-11-5)12(15)16/h2,4,8-9,13-14H,3,10H2,1H3. The van der Waals surface area contributed by atoms with E-state index >= 15 is 0 Å². The van der Waals surface area contributed by atoms with Crippen molar-refractivity contribution in [1.82, 2.24) is 4.98 Å². The lowest BCUT2D eigenvalue weighted by molar-refractivity contribution is -0.385. The van der Waals surface area contributed by atoms with Crippen LogP contribution < -0.4 is 5.73 Å². The summed E-state index contributed by atoms with van der Waals surface area (Å²) in [5, 5.41) is 29.6. The molecule has 7 heteroatoms. The Morgan fingerprint density at radius 1 is 1.62 bits per heavy atom. The summed E-state index contributed by atoms with van der Waals surface area (Å²) in [7, 11) is 0. The van der Waals surface area contributed by atoms with Crippen LogP contribution in [0.2, 0.25) is 0 Å². The largest absolute Gasteiger partial charge is 0.389 e. The van der Waals surface area contributed by atoms with Gasteiger partial charge in [0.2, 0.25) is 0 Å². The maximum absolute atomic E-state index is 10.5. The van der Waals surface area contributed by atoms with Crippen LogP contribution in [0.25, 0.3) is 0 Å². The van der Waals surface area contributed by atoms with E-state index in [1.165, 1.54) is 6.07 Å². The molecule has 2 atom stereocenters. The normalized spacial score (nSPS) is 14.5. The van der Waals surface area contributed by atoms with E-state index in [0.29, 0.717) is 5.69 Å². The Bertz CT molecular complexity index is 396. The van der Waals surface area contributed by atoms with E-state index in [1.54, 1.807) is 6.92 Å². The van der Waals surface area contributed by atoms with Crippen LogP contribution in [-0.4, -0.2) is 32.8 Å². The van der Waals surface area contributed by atoms with Gasteiger partial charge in [0.25, 0.3) is 5.69 Å². The number of aliphatic hydroxyl groups excluding tert-OH is 2. The minimum Gasteiger partial charge on any atom is -0.389 e. The summed E-state index contributed by atoms with van der Waals surface area (Å²) < 4.78 is 0. The van der Waals surface area contributed by atoms with Crippen molar-refractivity contribution in [2.75, 3.05) is 6.54 Å². The first-order chi connectivity index (χ1) is 7.47. The molecular weight excluding hydrogens is 214 g/mol. The van der Waals surface area contributed by atoms with Gasteiger partial charge < -0.3 is 15.9 Å². The van der Waals surface area contributed by atoms with Crippen LogP contribution in [0, 0.1) is 17.0 Å². The average molecular weight is 227 g/mol. The van der Waals surface area contributed by atoms with Gasteiger partial charge in [-0.05, 0) is 6.92 Å². The second-order valence-corrected chi connectivity index (χ2v) is 3.37. The summed E-state index contributed by atoms with van der Waals surface area (Å²) in [6.45, 7) is 1.45. The Kier molecular flexibility index (Phi) is 3.88. The molecule has 7 nitrogen and oxygen atoms in total. The molecule has 0 bridgehead atoms. The molecule has 0 spiro atoms. The second kappa shape index (κ2) is 4.97. The van der Waals surface area contributed by atoms with Crippen LogP contribution in [0.5, 0.6) is 0 Å². The van der Waals surface area contributed by atoms with Crippen LogP contribution in [-0.2, 0) is 0 Å². The zero-order chi connectivity index (χ0) is 12.3. The number of pyridine rings is 1. The molecule has 1 heterocycles. The SMILES string of the molecule is Cc1ncc([N+](=O)[O-])cc1C(O)C(O)CN. The number of nitro groups is 1. The second-order valence-electron chi connectivity index (χ2n) is 3.37. The summed E-state index contributed by atoms with van der Waals surface area (Å²) >= 11 is 0. The number of nitrogens with two attached hydrogens (primary N) is 1. The molecule has 0 saturated heterocycles. The van der Waals surface area contributed by atoms with Crippen molar-refractivity contribution in [3.05, 3.63) is 33.6 Å². The number of nitrogens with zero attached hydrogens (tertiary/aromatic N) is 2. The molecule has 4 N–H and O–H groups in total. The minimum absolute atomic E-state index is 0.136. The lowest BCUT2D eigenvalue weighted by Gasteiger charge is -2.17. The highest BCUT2D eigenvalue weighted by Gasteiger charge is 2.21. The van der Waals surface area contributed by atoms with Crippen LogP contribution in [0.4, 0.5) is 5.69 Å². The van der Waals surface area contributed by atoms with Gasteiger partial charge in [-0.25, -0.2) is 0 Å². The number of rotatable bonds is 4. The molecule has 1 rings (SSSR count). The molecule has 0 aliphatic carbocycles. The first kappa shape index (κ1) is 12.5. The summed E-state index contributed by atoms with van der Waals surface area (Å²) in [6, 6.07) is 1.19. The lowest BCUT2D eigenvalue weighted by atomic mass is 10.0. The molecule has 0 amide bonds. The highest BCUT2D eigenvalue weighted by Crippen LogP contribution is 2.23. The summed E-state index contributed by atoms with van der Waals surface area (Å²) in [5.41, 5.74) is 5.60. The fourth-order valence-electron chi connectivity index (χ4n) is 1.27. The van der Waals surface area contributed by atoms with E-state index in [4.69, 9.17) is 5.73 Å². The van der Waals surface area contributed by atoms with Crippen LogP contribution in [0.3, 0.4) is 0 Å². The van der Waals surface area contributed by atoms with Crippen molar-refractivity contribution >= 4 is 5.69 Å². The number of aliphatic hydroxyl groups is 2. The van der Waals surface area contributed by atoms with Crippen molar-refractivity contribution < 1.29 is 15.1 Å². The van der Waals surface area contributed by atoms with E-state index in [-0.39, 0.29) is 17.8 Å². The van der Waals surface area contributed by atoms with E-state index in [9.17, 15) is 20.3 Å².